The van der Waals surface area contributed by atoms with Gasteiger partial charge in [-0.3, -0.25) is 19.1 Å². The lowest BCUT2D eigenvalue weighted by molar-refractivity contribution is -0.138. The maximum absolute atomic E-state index is 13.6. The number of nitrogens with one attached hydrogen (secondary N) is 1. The molecule has 2 fully saturated rings. The van der Waals surface area contributed by atoms with Crippen LogP contribution in [0.25, 0.3) is 22.0 Å². The molecule has 1 saturated heterocycles. The van der Waals surface area contributed by atoms with Crippen molar-refractivity contribution in [2.45, 2.75) is 38.4 Å². The van der Waals surface area contributed by atoms with Gasteiger partial charge in [-0.05, 0) is 52.4 Å². The summed E-state index contributed by atoms with van der Waals surface area (Å²) in [7, 11) is 1.53. The van der Waals surface area contributed by atoms with Crippen LogP contribution in [0.2, 0.25) is 0 Å². The zero-order valence-corrected chi connectivity index (χ0v) is 23.3. The molecule has 1 saturated carbocycles. The van der Waals surface area contributed by atoms with Gasteiger partial charge < -0.3 is 20.7 Å². The molecule has 204 valence electrons. The first-order valence-corrected chi connectivity index (χ1v) is 13.4. The number of aromatic nitrogens is 5. The second-order valence-electron chi connectivity index (χ2n) is 9.94. The van der Waals surface area contributed by atoms with Gasteiger partial charge in [0.15, 0.2) is 5.78 Å². The van der Waals surface area contributed by atoms with E-state index in [0.29, 0.717) is 33.5 Å². The molecule has 1 aromatic carbocycles. The number of hydrogen-bond donors (Lipinski definition) is 2. The Labute approximate surface area is 237 Å². The van der Waals surface area contributed by atoms with Crippen LogP contribution in [-0.2, 0) is 16.1 Å². The Morgan fingerprint density at radius 2 is 1.90 bits per heavy atom. The first kappa shape index (κ1) is 25.9. The van der Waals surface area contributed by atoms with Gasteiger partial charge in [0, 0.05) is 48.4 Å². The average molecular weight is 605 g/mol. The van der Waals surface area contributed by atoms with E-state index >= 15 is 0 Å². The number of carbonyl (C=O) groups is 3. The first-order valence-electron chi connectivity index (χ1n) is 12.6. The number of nitrogen functional groups attached to an aromatic ring is 1. The lowest BCUT2D eigenvalue weighted by Crippen LogP contribution is -2.46. The third kappa shape index (κ3) is 4.76. The Hall–Kier alpha value is -4.39. The molecule has 4 aromatic rings. The molecule has 40 heavy (non-hydrogen) atoms. The van der Waals surface area contributed by atoms with E-state index in [4.69, 9.17) is 10.5 Å². The highest BCUT2D eigenvalue weighted by molar-refractivity contribution is 9.10. The van der Waals surface area contributed by atoms with Crippen molar-refractivity contribution in [1.82, 2.24) is 29.6 Å². The molecule has 3 aromatic heterocycles. The predicted molar refractivity (Wildman–Crippen MR) is 149 cm³/mol. The first-order chi connectivity index (χ1) is 19.2. The number of pyridine rings is 1. The number of likely N-dealkylation sites (tertiary alicyclic amines) is 1. The Morgan fingerprint density at radius 1 is 1.12 bits per heavy atom. The molecule has 2 aliphatic rings. The molecule has 0 spiro atoms. The summed E-state index contributed by atoms with van der Waals surface area (Å²) in [5.41, 5.74) is 8.02. The van der Waals surface area contributed by atoms with Gasteiger partial charge in [-0.1, -0.05) is 6.07 Å². The van der Waals surface area contributed by atoms with Crippen molar-refractivity contribution in [3.63, 3.8) is 0 Å². The molecular weight excluding hydrogens is 580 g/mol. The van der Waals surface area contributed by atoms with Gasteiger partial charge in [0.05, 0.1) is 12.6 Å². The maximum Gasteiger partial charge on any atom is 0.248 e. The van der Waals surface area contributed by atoms with Crippen LogP contribution in [0.3, 0.4) is 0 Å². The van der Waals surface area contributed by atoms with E-state index in [9.17, 15) is 14.4 Å². The molecule has 2 amide bonds. The summed E-state index contributed by atoms with van der Waals surface area (Å²) in [6.07, 6.45) is 4.66. The number of amides is 2. The Balaban J connectivity index is 1.26. The van der Waals surface area contributed by atoms with Crippen LogP contribution in [-0.4, -0.2) is 66.4 Å². The summed E-state index contributed by atoms with van der Waals surface area (Å²) in [6.45, 7) is 1.33. The van der Waals surface area contributed by atoms with Gasteiger partial charge in [-0.15, -0.1) is 0 Å². The Bertz CT molecular complexity index is 1670. The molecule has 13 heteroatoms. The van der Waals surface area contributed by atoms with E-state index in [-0.39, 0.29) is 47.7 Å². The van der Waals surface area contributed by atoms with E-state index in [1.165, 1.54) is 18.7 Å². The largest absolute Gasteiger partial charge is 0.497 e. The molecule has 12 nitrogen and oxygen atoms in total. The number of Topliss-reactive ketones (excluding diaryl/α,β-unsaturated/α-hetero) is 1. The molecule has 4 heterocycles. The van der Waals surface area contributed by atoms with Crippen LogP contribution < -0.4 is 15.8 Å². The smallest absolute Gasteiger partial charge is 0.248 e. The standard InChI is InChI=1S/C27H25BrN8O4/c1-13(37)25-18-5-14(16-10-30-27(29)31-11-16)3-4-19(18)35(34-25)12-24(38)36-20-6-15(20)7-21(36)26(39)33-23-9-17(40-2)8-22(28)32-23/h3-5,8-11,15,20-21H,6-7,12H2,1-2H3,(H2,29,30,31)(H,32,33,39)/t15-,20+,21-/m0/s1. The summed E-state index contributed by atoms with van der Waals surface area (Å²) in [5.74, 6) is 0.559. The van der Waals surface area contributed by atoms with Crippen molar-refractivity contribution in [2.24, 2.45) is 5.92 Å². The van der Waals surface area contributed by atoms with Gasteiger partial charge in [0.1, 0.15) is 34.5 Å². The molecule has 0 radical (unpaired) electrons. The number of anilines is 2. The molecular formula is C27H25BrN8O4. The maximum atomic E-state index is 13.6. The summed E-state index contributed by atoms with van der Waals surface area (Å²) in [5, 5.41) is 7.93. The number of ether oxygens (including phenoxy) is 1. The fraction of sp³-hybridized carbons (Fsp3) is 0.296. The fourth-order valence-electron chi connectivity index (χ4n) is 5.35. The monoisotopic (exact) mass is 604 g/mol. The van der Waals surface area contributed by atoms with Crippen LogP contribution in [0, 0.1) is 5.92 Å². The fourth-order valence-corrected chi connectivity index (χ4v) is 5.77. The number of fused-ring (bicyclic) bond motifs is 2. The number of hydrogen-bond acceptors (Lipinski definition) is 9. The van der Waals surface area contributed by atoms with Crippen LogP contribution in [0.15, 0.2) is 47.3 Å². The molecule has 1 aliphatic carbocycles. The normalized spacial score (nSPS) is 19.4. The molecule has 0 unspecified atom stereocenters. The zero-order chi connectivity index (χ0) is 28.1. The number of methoxy groups -OCH3 is 1. The van der Waals surface area contributed by atoms with E-state index in [1.807, 2.05) is 18.2 Å². The van der Waals surface area contributed by atoms with Crippen LogP contribution in [0.1, 0.15) is 30.3 Å². The minimum atomic E-state index is -0.630. The number of ketones is 1. The molecule has 6 rings (SSSR count). The third-order valence-electron chi connectivity index (χ3n) is 7.32. The molecule has 1 aliphatic heterocycles. The highest BCUT2D eigenvalue weighted by atomic mass is 79.9. The molecule has 3 N–H and O–H groups in total. The van der Waals surface area contributed by atoms with E-state index < -0.39 is 6.04 Å². The van der Waals surface area contributed by atoms with Crippen molar-refractivity contribution in [1.29, 1.82) is 0 Å². The molecule has 3 atom stereocenters. The van der Waals surface area contributed by atoms with E-state index in [0.717, 1.165) is 17.5 Å². The Kier molecular flexibility index (Phi) is 6.45. The van der Waals surface area contributed by atoms with Gasteiger partial charge in [0.2, 0.25) is 17.8 Å². The summed E-state index contributed by atoms with van der Waals surface area (Å²) < 4.78 is 7.30. The van der Waals surface area contributed by atoms with Crippen LogP contribution >= 0.6 is 15.9 Å². The van der Waals surface area contributed by atoms with Crippen molar-refractivity contribution in [3.05, 3.63) is 53.0 Å². The lowest BCUT2D eigenvalue weighted by atomic mass is 10.0. The van der Waals surface area contributed by atoms with Crippen molar-refractivity contribution < 1.29 is 19.1 Å². The van der Waals surface area contributed by atoms with Crippen LogP contribution in [0.4, 0.5) is 11.8 Å². The van der Waals surface area contributed by atoms with Crippen LogP contribution in [0.5, 0.6) is 5.75 Å². The second-order valence-corrected chi connectivity index (χ2v) is 10.8. The number of nitrogens with two attached hydrogens (primary N) is 1. The minimum absolute atomic E-state index is 0.0134. The van der Waals surface area contributed by atoms with Crippen molar-refractivity contribution >= 4 is 56.2 Å². The average Bonchev–Trinajstić information content (AvgIpc) is 3.43. The number of nitrogens with zero attached hydrogens (tertiary/aromatic N) is 6. The third-order valence-corrected chi connectivity index (χ3v) is 7.73. The number of rotatable bonds is 7. The quantitative estimate of drug-likeness (QED) is 0.239. The summed E-state index contributed by atoms with van der Waals surface area (Å²) >= 11 is 3.32. The molecule has 0 bridgehead atoms. The Morgan fingerprint density at radius 3 is 2.62 bits per heavy atom. The predicted octanol–water partition coefficient (Wildman–Crippen LogP) is 3.07. The number of piperidine rings is 1. The van der Waals surface area contributed by atoms with Gasteiger partial charge in [-0.2, -0.15) is 5.10 Å². The van der Waals surface area contributed by atoms with E-state index in [1.54, 1.807) is 29.4 Å². The van der Waals surface area contributed by atoms with Gasteiger partial charge in [0.25, 0.3) is 0 Å². The zero-order valence-electron chi connectivity index (χ0n) is 21.7. The van der Waals surface area contributed by atoms with Crippen molar-refractivity contribution in [3.8, 4) is 16.9 Å². The van der Waals surface area contributed by atoms with Crippen molar-refractivity contribution in [2.75, 3.05) is 18.2 Å². The second kappa shape index (κ2) is 9.97. The number of carbonyl (C=O) groups excluding carboxylic acids is 3. The summed E-state index contributed by atoms with van der Waals surface area (Å²) in [6, 6.07) is 8.19. The SMILES string of the molecule is COc1cc(Br)nc(NC(=O)[C@@H]2C[C@@H]3C[C@H]3N2C(=O)Cn2nc(C(C)=O)c3cc(-c4cnc(N)nc4)ccc32)c1. The summed E-state index contributed by atoms with van der Waals surface area (Å²) in [4.78, 5) is 53.4. The van der Waals surface area contributed by atoms with E-state index in [2.05, 4.69) is 41.3 Å². The highest BCUT2D eigenvalue weighted by Crippen LogP contribution is 2.48. The number of halogens is 1. The van der Waals surface area contributed by atoms with Gasteiger partial charge >= 0.3 is 0 Å². The lowest BCUT2D eigenvalue weighted by Gasteiger charge is -2.27. The topological polar surface area (TPSA) is 158 Å². The minimum Gasteiger partial charge on any atom is -0.497 e. The highest BCUT2D eigenvalue weighted by Gasteiger charge is 2.56. The number of benzene rings is 1. The van der Waals surface area contributed by atoms with Gasteiger partial charge in [-0.25, -0.2) is 15.0 Å².